The van der Waals surface area contributed by atoms with E-state index >= 15 is 0 Å². The SMILES string of the molecule is CNC1CC(N)(c2ncc3c(-c4cnc5nc(C)n(C(C)C)c5c4)ccn3n2)C1. The first-order valence-corrected chi connectivity index (χ1v) is 10.1. The first-order valence-electron chi connectivity index (χ1n) is 10.1. The largest absolute Gasteiger partial charge is 0.324 e. The van der Waals surface area contributed by atoms with Crippen LogP contribution in [0, 0.1) is 6.92 Å². The number of aryl methyl sites for hydroxylation is 1. The Morgan fingerprint density at radius 2 is 2.00 bits per heavy atom. The highest BCUT2D eigenvalue weighted by Gasteiger charge is 2.44. The molecular weight excluding hydrogens is 364 g/mol. The van der Waals surface area contributed by atoms with E-state index in [1.165, 1.54) is 0 Å². The molecule has 8 heteroatoms. The van der Waals surface area contributed by atoms with Crippen LogP contribution in [0.4, 0.5) is 0 Å². The Kier molecular flexibility index (Phi) is 3.97. The fraction of sp³-hybridized carbons (Fsp3) is 0.429. The molecule has 150 valence electrons. The summed E-state index contributed by atoms with van der Waals surface area (Å²) in [5.41, 5.74) is 10.9. The number of hydrogen-bond acceptors (Lipinski definition) is 6. The summed E-state index contributed by atoms with van der Waals surface area (Å²) in [7, 11) is 1.96. The summed E-state index contributed by atoms with van der Waals surface area (Å²) >= 11 is 0. The highest BCUT2D eigenvalue weighted by atomic mass is 15.3. The summed E-state index contributed by atoms with van der Waals surface area (Å²) in [6.07, 6.45) is 7.40. The molecule has 29 heavy (non-hydrogen) atoms. The number of nitrogens with zero attached hydrogens (tertiary/aromatic N) is 6. The molecule has 1 saturated carbocycles. The molecule has 0 bridgehead atoms. The number of hydrogen-bond donors (Lipinski definition) is 2. The highest BCUT2D eigenvalue weighted by molar-refractivity contribution is 5.85. The lowest BCUT2D eigenvalue weighted by atomic mass is 9.73. The Bertz CT molecular complexity index is 1210. The molecule has 4 heterocycles. The molecule has 4 aromatic heterocycles. The second-order valence-corrected chi connectivity index (χ2v) is 8.38. The maximum Gasteiger partial charge on any atom is 0.177 e. The van der Waals surface area contributed by atoms with Gasteiger partial charge in [-0.15, -0.1) is 0 Å². The van der Waals surface area contributed by atoms with E-state index in [-0.39, 0.29) is 0 Å². The first-order chi connectivity index (χ1) is 13.9. The van der Waals surface area contributed by atoms with Gasteiger partial charge in [-0.25, -0.2) is 19.5 Å². The average Bonchev–Trinajstić information content (AvgIpc) is 3.24. The van der Waals surface area contributed by atoms with E-state index in [4.69, 9.17) is 10.8 Å². The standard InChI is InChI=1S/C21H26N8/c1-12(2)29-13(3)26-19-17(29)7-14(10-24-19)16-5-6-28-18(16)11-25-20(27-28)21(22)8-15(9-21)23-4/h5-7,10-12,15,23H,8-9,22H2,1-4H3. The van der Waals surface area contributed by atoms with Gasteiger partial charge in [-0.2, -0.15) is 5.10 Å². The van der Waals surface area contributed by atoms with Crippen molar-refractivity contribution < 1.29 is 0 Å². The average molecular weight is 390 g/mol. The zero-order valence-electron chi connectivity index (χ0n) is 17.2. The van der Waals surface area contributed by atoms with Crippen LogP contribution in [0.5, 0.6) is 0 Å². The van der Waals surface area contributed by atoms with Crippen molar-refractivity contribution >= 4 is 16.7 Å². The van der Waals surface area contributed by atoms with Gasteiger partial charge in [-0.1, -0.05) is 0 Å². The van der Waals surface area contributed by atoms with Crippen molar-refractivity contribution in [2.45, 2.75) is 51.2 Å². The van der Waals surface area contributed by atoms with E-state index < -0.39 is 5.54 Å². The molecule has 0 saturated heterocycles. The lowest BCUT2D eigenvalue weighted by Gasteiger charge is -2.43. The van der Waals surface area contributed by atoms with Crippen LogP contribution in [0.3, 0.4) is 0 Å². The maximum absolute atomic E-state index is 6.51. The third-order valence-corrected chi connectivity index (χ3v) is 6.04. The van der Waals surface area contributed by atoms with E-state index in [1.807, 2.05) is 37.1 Å². The van der Waals surface area contributed by atoms with Crippen LogP contribution in [0.1, 0.15) is 44.4 Å². The van der Waals surface area contributed by atoms with Gasteiger partial charge >= 0.3 is 0 Å². The molecule has 0 aromatic carbocycles. The molecule has 1 fully saturated rings. The van der Waals surface area contributed by atoms with E-state index in [0.717, 1.165) is 46.5 Å². The Morgan fingerprint density at radius 1 is 1.21 bits per heavy atom. The molecule has 1 aliphatic rings. The molecule has 8 nitrogen and oxygen atoms in total. The Morgan fingerprint density at radius 3 is 2.72 bits per heavy atom. The third-order valence-electron chi connectivity index (χ3n) is 6.04. The summed E-state index contributed by atoms with van der Waals surface area (Å²) in [5, 5.41) is 7.97. The van der Waals surface area contributed by atoms with Crippen molar-refractivity contribution in [2.75, 3.05) is 7.05 Å². The topological polar surface area (TPSA) is 99.0 Å². The predicted octanol–water partition coefficient (Wildman–Crippen LogP) is 2.57. The van der Waals surface area contributed by atoms with Gasteiger partial charge in [0, 0.05) is 35.6 Å². The molecule has 0 atom stereocenters. The van der Waals surface area contributed by atoms with Crippen LogP contribution >= 0.6 is 0 Å². The normalized spacial score (nSPS) is 21.9. The summed E-state index contributed by atoms with van der Waals surface area (Å²) < 4.78 is 4.08. The molecule has 0 aliphatic heterocycles. The monoisotopic (exact) mass is 390 g/mol. The van der Waals surface area contributed by atoms with Crippen LogP contribution in [0.2, 0.25) is 0 Å². The van der Waals surface area contributed by atoms with Crippen molar-refractivity contribution in [1.29, 1.82) is 0 Å². The summed E-state index contributed by atoms with van der Waals surface area (Å²) in [5.74, 6) is 1.67. The molecule has 1 aliphatic carbocycles. The minimum atomic E-state index is -0.450. The van der Waals surface area contributed by atoms with Gasteiger partial charge in [0.2, 0.25) is 0 Å². The summed E-state index contributed by atoms with van der Waals surface area (Å²) in [4.78, 5) is 13.8. The molecule has 0 radical (unpaired) electrons. The van der Waals surface area contributed by atoms with E-state index in [1.54, 1.807) is 0 Å². The second kappa shape index (κ2) is 6.33. The number of pyridine rings is 1. The molecule has 0 amide bonds. The quantitative estimate of drug-likeness (QED) is 0.556. The lowest BCUT2D eigenvalue weighted by Crippen LogP contribution is -2.57. The maximum atomic E-state index is 6.51. The molecule has 0 unspecified atom stereocenters. The van der Waals surface area contributed by atoms with E-state index in [9.17, 15) is 0 Å². The minimum Gasteiger partial charge on any atom is -0.324 e. The van der Waals surface area contributed by atoms with Crippen LogP contribution in [0.15, 0.2) is 30.7 Å². The number of fused-ring (bicyclic) bond motifs is 2. The smallest absolute Gasteiger partial charge is 0.177 e. The van der Waals surface area contributed by atoms with Crippen LogP contribution in [0.25, 0.3) is 27.8 Å². The van der Waals surface area contributed by atoms with Gasteiger partial charge in [0.05, 0.1) is 22.8 Å². The molecule has 0 spiro atoms. The zero-order valence-corrected chi connectivity index (χ0v) is 17.2. The van der Waals surface area contributed by atoms with Crippen molar-refractivity contribution in [3.05, 3.63) is 42.4 Å². The van der Waals surface area contributed by atoms with Gasteiger partial charge in [-0.3, -0.25) is 0 Å². The third kappa shape index (κ3) is 2.74. The number of imidazole rings is 1. The Hall–Kier alpha value is -2.84. The van der Waals surface area contributed by atoms with Gasteiger partial charge in [0.15, 0.2) is 11.5 Å². The Balaban J connectivity index is 1.57. The van der Waals surface area contributed by atoms with Gasteiger partial charge in [0.25, 0.3) is 0 Å². The fourth-order valence-corrected chi connectivity index (χ4v) is 4.47. The van der Waals surface area contributed by atoms with Crippen LogP contribution in [-0.2, 0) is 5.54 Å². The van der Waals surface area contributed by atoms with Crippen molar-refractivity contribution in [3.63, 3.8) is 0 Å². The second-order valence-electron chi connectivity index (χ2n) is 8.38. The molecule has 3 N–H and O–H groups in total. The predicted molar refractivity (Wildman–Crippen MR) is 113 cm³/mol. The van der Waals surface area contributed by atoms with Crippen LogP contribution < -0.4 is 11.1 Å². The van der Waals surface area contributed by atoms with Crippen LogP contribution in [-0.4, -0.2) is 42.2 Å². The molecule has 5 rings (SSSR count). The Labute approximate surface area is 169 Å². The van der Waals surface area contributed by atoms with Crippen molar-refractivity contribution in [3.8, 4) is 11.1 Å². The van der Waals surface area contributed by atoms with Gasteiger partial charge < -0.3 is 15.6 Å². The summed E-state index contributed by atoms with van der Waals surface area (Å²) in [6, 6.07) is 4.96. The number of aromatic nitrogens is 6. The van der Waals surface area contributed by atoms with Gasteiger partial charge in [0.1, 0.15) is 5.82 Å². The lowest BCUT2D eigenvalue weighted by molar-refractivity contribution is 0.172. The summed E-state index contributed by atoms with van der Waals surface area (Å²) in [6.45, 7) is 6.34. The highest BCUT2D eigenvalue weighted by Crippen LogP contribution is 2.37. The molecular formula is C21H26N8. The van der Waals surface area contributed by atoms with Gasteiger partial charge in [-0.05, 0) is 52.8 Å². The molecule has 4 aromatic rings. The van der Waals surface area contributed by atoms with E-state index in [0.29, 0.717) is 17.9 Å². The zero-order chi connectivity index (χ0) is 20.3. The first kappa shape index (κ1) is 18.2. The number of nitrogens with two attached hydrogens (primary N) is 1. The fourth-order valence-electron chi connectivity index (χ4n) is 4.47. The number of rotatable bonds is 4. The van der Waals surface area contributed by atoms with Crippen molar-refractivity contribution in [1.82, 2.24) is 34.4 Å². The van der Waals surface area contributed by atoms with E-state index in [2.05, 4.69) is 50.8 Å². The van der Waals surface area contributed by atoms with Crippen molar-refractivity contribution in [2.24, 2.45) is 5.73 Å². The minimum absolute atomic E-state index is 0.318. The number of nitrogens with one attached hydrogen (secondary N) is 1.